The van der Waals surface area contributed by atoms with Crippen molar-refractivity contribution in [2.45, 2.75) is 39.7 Å². The SMILES string of the molecule is CC(=O)OC1CCc2c3c(n(C(C)=O)c21)C(=O)C(N1CC1)=C(C)C3=O. The fraction of sp³-hybridized carbons (Fsp3) is 0.444. The van der Waals surface area contributed by atoms with Gasteiger partial charge in [0.1, 0.15) is 11.8 Å². The van der Waals surface area contributed by atoms with Gasteiger partial charge in [-0.05, 0) is 25.3 Å². The molecule has 0 spiro atoms. The molecular weight excluding hydrogens is 324 g/mol. The predicted octanol–water partition coefficient (Wildman–Crippen LogP) is 1.67. The number of carbonyl (C=O) groups excluding carboxylic acids is 4. The molecule has 7 nitrogen and oxygen atoms in total. The zero-order valence-electron chi connectivity index (χ0n) is 14.3. The minimum absolute atomic E-state index is 0.131. The van der Waals surface area contributed by atoms with Crippen molar-refractivity contribution in [2.75, 3.05) is 13.1 Å². The van der Waals surface area contributed by atoms with Gasteiger partial charge in [-0.15, -0.1) is 0 Å². The van der Waals surface area contributed by atoms with Gasteiger partial charge in [0.05, 0.1) is 17.0 Å². The topological polar surface area (TPSA) is 85.5 Å². The van der Waals surface area contributed by atoms with Crippen molar-refractivity contribution in [3.8, 4) is 0 Å². The summed E-state index contributed by atoms with van der Waals surface area (Å²) in [7, 11) is 0. The Bertz CT molecular complexity index is 901. The highest BCUT2D eigenvalue weighted by atomic mass is 16.5. The number of rotatable bonds is 2. The van der Waals surface area contributed by atoms with E-state index < -0.39 is 12.1 Å². The molecule has 0 saturated carbocycles. The lowest BCUT2D eigenvalue weighted by Gasteiger charge is -2.20. The van der Waals surface area contributed by atoms with Crippen molar-refractivity contribution in [2.24, 2.45) is 0 Å². The monoisotopic (exact) mass is 342 g/mol. The van der Waals surface area contributed by atoms with Gasteiger partial charge < -0.3 is 9.64 Å². The van der Waals surface area contributed by atoms with Gasteiger partial charge in [0.15, 0.2) is 5.78 Å². The maximum absolute atomic E-state index is 13.1. The van der Waals surface area contributed by atoms with Crippen molar-refractivity contribution in [1.82, 2.24) is 9.47 Å². The number of allylic oxidation sites excluding steroid dienone is 2. The molecule has 25 heavy (non-hydrogen) atoms. The lowest BCUT2D eigenvalue weighted by Crippen LogP contribution is -2.29. The highest BCUT2D eigenvalue weighted by molar-refractivity contribution is 6.27. The van der Waals surface area contributed by atoms with E-state index in [0.717, 1.165) is 13.1 Å². The van der Waals surface area contributed by atoms with Crippen LogP contribution in [0.2, 0.25) is 0 Å². The standard InChI is InChI=1S/C18H18N2O5/c1-8-14(19-6-7-19)18(24)16-13(17(8)23)11-4-5-12(25-10(3)22)15(11)20(16)9(2)21/h12H,4-7H2,1-3H3. The Kier molecular flexibility index (Phi) is 3.25. The van der Waals surface area contributed by atoms with E-state index in [1.165, 1.54) is 18.4 Å². The van der Waals surface area contributed by atoms with Crippen LogP contribution in [-0.2, 0) is 16.0 Å². The average Bonchev–Trinajstić information content (AvgIpc) is 3.18. The van der Waals surface area contributed by atoms with Gasteiger partial charge >= 0.3 is 5.97 Å². The van der Waals surface area contributed by atoms with Crippen LogP contribution < -0.4 is 0 Å². The number of ether oxygens (including phenoxy) is 1. The van der Waals surface area contributed by atoms with Crippen LogP contribution in [0, 0.1) is 0 Å². The van der Waals surface area contributed by atoms with Crippen molar-refractivity contribution in [3.05, 3.63) is 33.8 Å². The van der Waals surface area contributed by atoms with Gasteiger partial charge in [-0.1, -0.05) is 0 Å². The Labute approximate surface area is 144 Å². The highest BCUT2D eigenvalue weighted by Gasteiger charge is 2.45. The summed E-state index contributed by atoms with van der Waals surface area (Å²) in [5, 5.41) is 0. The fourth-order valence-electron chi connectivity index (χ4n) is 3.98. The van der Waals surface area contributed by atoms with E-state index >= 15 is 0 Å². The summed E-state index contributed by atoms with van der Waals surface area (Å²) in [5.41, 5.74) is 2.41. The summed E-state index contributed by atoms with van der Waals surface area (Å²) in [6.07, 6.45) is 0.405. The number of ketones is 2. The lowest BCUT2D eigenvalue weighted by molar-refractivity contribution is -0.146. The molecule has 0 N–H and O–H groups in total. The Morgan fingerprint density at radius 2 is 1.80 bits per heavy atom. The second kappa shape index (κ2) is 5.15. The molecule has 0 amide bonds. The maximum atomic E-state index is 13.1. The summed E-state index contributed by atoms with van der Waals surface area (Å²) in [6, 6.07) is 0. The third kappa shape index (κ3) is 2.11. The smallest absolute Gasteiger partial charge is 0.303 e. The lowest BCUT2D eigenvalue weighted by atomic mass is 9.89. The first-order valence-corrected chi connectivity index (χ1v) is 8.33. The van der Waals surface area contributed by atoms with Crippen molar-refractivity contribution >= 4 is 23.4 Å². The maximum Gasteiger partial charge on any atom is 0.303 e. The first-order chi connectivity index (χ1) is 11.8. The number of hydrogen-bond donors (Lipinski definition) is 0. The number of esters is 1. The molecule has 1 fully saturated rings. The highest BCUT2D eigenvalue weighted by Crippen LogP contribution is 2.43. The van der Waals surface area contributed by atoms with Crippen molar-refractivity contribution < 1.29 is 23.9 Å². The normalized spacial score (nSPS) is 21.4. The molecule has 1 saturated heterocycles. The molecule has 1 unspecified atom stereocenters. The van der Waals surface area contributed by atoms with Crippen LogP contribution in [0.25, 0.3) is 0 Å². The Balaban J connectivity index is 1.96. The molecule has 4 rings (SSSR count). The Morgan fingerprint density at radius 3 is 2.36 bits per heavy atom. The zero-order valence-corrected chi connectivity index (χ0v) is 14.3. The van der Waals surface area contributed by atoms with E-state index in [4.69, 9.17) is 4.74 Å². The molecule has 1 aromatic heterocycles. The second-order valence-corrected chi connectivity index (χ2v) is 6.70. The molecule has 2 aliphatic carbocycles. The van der Waals surface area contributed by atoms with Crippen LogP contribution in [-0.4, -0.2) is 46.0 Å². The molecule has 1 atom stereocenters. The van der Waals surface area contributed by atoms with Gasteiger partial charge in [0.2, 0.25) is 11.7 Å². The molecule has 1 aliphatic heterocycles. The van der Waals surface area contributed by atoms with E-state index in [2.05, 4.69) is 0 Å². The van der Waals surface area contributed by atoms with Gasteiger partial charge in [-0.2, -0.15) is 0 Å². The van der Waals surface area contributed by atoms with Gasteiger partial charge in [-0.25, -0.2) is 0 Å². The molecule has 2 heterocycles. The second-order valence-electron chi connectivity index (χ2n) is 6.70. The van der Waals surface area contributed by atoms with E-state index in [1.807, 2.05) is 4.90 Å². The van der Waals surface area contributed by atoms with Crippen LogP contribution in [0.3, 0.4) is 0 Å². The number of aromatic nitrogens is 1. The van der Waals surface area contributed by atoms with E-state index in [1.54, 1.807) is 6.92 Å². The quantitative estimate of drug-likeness (QED) is 0.600. The molecule has 130 valence electrons. The van der Waals surface area contributed by atoms with E-state index in [0.29, 0.717) is 40.9 Å². The Hall–Kier alpha value is -2.70. The van der Waals surface area contributed by atoms with Gasteiger partial charge in [0, 0.05) is 32.5 Å². The number of fused-ring (bicyclic) bond motifs is 3. The number of hydrogen-bond acceptors (Lipinski definition) is 6. The zero-order chi connectivity index (χ0) is 18.0. The molecular formula is C18H18N2O5. The van der Waals surface area contributed by atoms with Crippen molar-refractivity contribution in [1.29, 1.82) is 0 Å². The van der Waals surface area contributed by atoms with E-state index in [-0.39, 0.29) is 23.2 Å². The van der Waals surface area contributed by atoms with Gasteiger partial charge in [-0.3, -0.25) is 23.7 Å². The summed E-state index contributed by atoms with van der Waals surface area (Å²) < 4.78 is 6.62. The first kappa shape index (κ1) is 15.8. The summed E-state index contributed by atoms with van der Waals surface area (Å²) in [6.45, 7) is 5.78. The van der Waals surface area contributed by atoms with E-state index in [9.17, 15) is 19.2 Å². The van der Waals surface area contributed by atoms with Gasteiger partial charge in [0.25, 0.3) is 0 Å². The summed E-state index contributed by atoms with van der Waals surface area (Å²) in [5.74, 6) is -1.32. The number of Topliss-reactive ketones (excluding diaryl/α,β-unsaturated/α-hetero) is 2. The molecule has 7 heteroatoms. The predicted molar refractivity (Wildman–Crippen MR) is 86.5 cm³/mol. The molecule has 3 aliphatic rings. The minimum atomic E-state index is -0.604. The third-order valence-corrected chi connectivity index (χ3v) is 5.01. The molecule has 0 radical (unpaired) electrons. The van der Waals surface area contributed by atoms with Crippen LogP contribution in [0.1, 0.15) is 70.2 Å². The molecule has 1 aromatic rings. The van der Waals surface area contributed by atoms with Crippen LogP contribution in [0.4, 0.5) is 0 Å². The molecule has 0 aromatic carbocycles. The summed E-state index contributed by atoms with van der Waals surface area (Å²) in [4.78, 5) is 51.6. The van der Waals surface area contributed by atoms with Crippen molar-refractivity contribution in [3.63, 3.8) is 0 Å². The number of nitrogens with zero attached hydrogens (tertiary/aromatic N) is 2. The van der Waals surface area contributed by atoms with Crippen LogP contribution >= 0.6 is 0 Å². The first-order valence-electron chi connectivity index (χ1n) is 8.33. The van der Waals surface area contributed by atoms with Crippen LogP contribution in [0.15, 0.2) is 11.3 Å². The summed E-state index contributed by atoms with van der Waals surface area (Å²) >= 11 is 0. The average molecular weight is 342 g/mol. The fourth-order valence-corrected chi connectivity index (χ4v) is 3.98. The Morgan fingerprint density at radius 1 is 1.12 bits per heavy atom. The van der Waals surface area contributed by atoms with Crippen LogP contribution in [0.5, 0.6) is 0 Å². The largest absolute Gasteiger partial charge is 0.456 e. The number of carbonyl (C=O) groups is 4. The third-order valence-electron chi connectivity index (χ3n) is 5.01. The minimum Gasteiger partial charge on any atom is -0.456 e. The molecule has 0 bridgehead atoms.